The fraction of sp³-hybridized carbons (Fsp3) is 0.429. The summed E-state index contributed by atoms with van der Waals surface area (Å²) in [4.78, 5) is 2.46. The van der Waals surface area contributed by atoms with Crippen molar-refractivity contribution < 1.29 is 4.74 Å². The molecule has 4 rings (SSSR count). The van der Waals surface area contributed by atoms with Crippen molar-refractivity contribution in [1.82, 2.24) is 4.90 Å². The van der Waals surface area contributed by atoms with Crippen molar-refractivity contribution in [2.75, 3.05) is 19.7 Å². The van der Waals surface area contributed by atoms with Gasteiger partial charge in [0.1, 0.15) is 5.75 Å². The lowest BCUT2D eigenvalue weighted by atomic mass is 9.95. The molecule has 2 fully saturated rings. The number of rotatable bonds is 6. The fourth-order valence-electron chi connectivity index (χ4n) is 3.54. The summed E-state index contributed by atoms with van der Waals surface area (Å²) in [6, 6.07) is 19.4. The average Bonchev–Trinajstić information content (AvgIpc) is 3.37. The van der Waals surface area contributed by atoms with Gasteiger partial charge in [-0.3, -0.25) is 4.90 Å². The van der Waals surface area contributed by atoms with Gasteiger partial charge in [-0.05, 0) is 42.0 Å². The van der Waals surface area contributed by atoms with Gasteiger partial charge in [0.05, 0.1) is 6.61 Å². The van der Waals surface area contributed by atoms with Crippen LogP contribution in [0, 0.1) is 5.92 Å². The van der Waals surface area contributed by atoms with Crippen LogP contribution in [0.4, 0.5) is 0 Å². The van der Waals surface area contributed by atoms with E-state index in [1.54, 1.807) is 0 Å². The van der Waals surface area contributed by atoms with E-state index in [1.807, 2.05) is 0 Å². The third-order valence-electron chi connectivity index (χ3n) is 5.18. The van der Waals surface area contributed by atoms with Gasteiger partial charge in [-0.15, -0.1) is 12.4 Å². The minimum absolute atomic E-state index is 0. The Kier molecular flexibility index (Phi) is 6.00. The molecule has 0 spiro atoms. The minimum Gasteiger partial charge on any atom is -0.493 e. The second-order valence-corrected chi connectivity index (χ2v) is 7.27. The Morgan fingerprint density at radius 1 is 0.960 bits per heavy atom. The molecule has 2 aromatic carbocycles. The molecule has 0 unspecified atom stereocenters. The van der Waals surface area contributed by atoms with E-state index < -0.39 is 0 Å². The summed E-state index contributed by atoms with van der Waals surface area (Å²) in [5.41, 5.74) is 9.08. The maximum absolute atomic E-state index is 6.39. The molecule has 1 aliphatic carbocycles. The molecule has 0 aromatic heterocycles. The Labute approximate surface area is 156 Å². The normalized spacial score (nSPS) is 23.2. The van der Waals surface area contributed by atoms with Crippen molar-refractivity contribution in [2.24, 2.45) is 11.7 Å². The molecular weight excluding hydrogens is 332 g/mol. The van der Waals surface area contributed by atoms with Crippen molar-refractivity contribution >= 4 is 12.4 Å². The summed E-state index contributed by atoms with van der Waals surface area (Å²) in [6.07, 6.45) is 2.66. The highest BCUT2D eigenvalue weighted by Crippen LogP contribution is 2.30. The average molecular weight is 359 g/mol. The first kappa shape index (κ1) is 18.2. The zero-order valence-corrected chi connectivity index (χ0v) is 15.3. The molecule has 2 aromatic rings. The zero-order valence-electron chi connectivity index (χ0n) is 14.5. The molecule has 134 valence electrons. The van der Waals surface area contributed by atoms with Gasteiger partial charge in [0.15, 0.2) is 0 Å². The molecule has 0 bridgehead atoms. The third-order valence-corrected chi connectivity index (χ3v) is 5.18. The van der Waals surface area contributed by atoms with Crippen molar-refractivity contribution in [3.63, 3.8) is 0 Å². The van der Waals surface area contributed by atoms with E-state index >= 15 is 0 Å². The first-order valence-corrected chi connectivity index (χ1v) is 9.02. The lowest BCUT2D eigenvalue weighted by Gasteiger charge is -2.16. The summed E-state index contributed by atoms with van der Waals surface area (Å²) < 4.78 is 5.81. The van der Waals surface area contributed by atoms with E-state index in [0.717, 1.165) is 37.9 Å². The number of likely N-dealkylation sites (tertiary alicyclic amines) is 1. The smallest absolute Gasteiger partial charge is 0.119 e. The topological polar surface area (TPSA) is 38.5 Å². The van der Waals surface area contributed by atoms with E-state index in [9.17, 15) is 0 Å². The summed E-state index contributed by atoms with van der Waals surface area (Å²) in [7, 11) is 0. The minimum atomic E-state index is 0. The number of hydrogen-bond donors (Lipinski definition) is 1. The maximum Gasteiger partial charge on any atom is 0.119 e. The van der Waals surface area contributed by atoms with E-state index in [2.05, 4.69) is 59.5 Å². The number of nitrogens with two attached hydrogens (primary N) is 1. The van der Waals surface area contributed by atoms with Crippen LogP contribution in [0.15, 0.2) is 54.6 Å². The van der Waals surface area contributed by atoms with Gasteiger partial charge in [-0.2, -0.15) is 0 Å². The highest BCUT2D eigenvalue weighted by molar-refractivity contribution is 5.85. The Balaban J connectivity index is 0.00000182. The van der Waals surface area contributed by atoms with E-state index in [4.69, 9.17) is 10.5 Å². The van der Waals surface area contributed by atoms with Gasteiger partial charge < -0.3 is 10.5 Å². The molecule has 0 amide bonds. The first-order valence-electron chi connectivity index (χ1n) is 9.02. The third kappa shape index (κ3) is 4.75. The summed E-state index contributed by atoms with van der Waals surface area (Å²) in [6.45, 7) is 3.82. The van der Waals surface area contributed by atoms with E-state index in [-0.39, 0.29) is 18.4 Å². The van der Waals surface area contributed by atoms with Crippen molar-refractivity contribution in [3.8, 4) is 5.75 Å². The molecule has 1 aliphatic heterocycles. The SMILES string of the molecule is Cl.N[C@@H]1CN(Cc2ccc(OCC3CC3)cc2)C[C@H]1c1ccccc1. The summed E-state index contributed by atoms with van der Waals surface area (Å²) in [5, 5.41) is 0. The van der Waals surface area contributed by atoms with Gasteiger partial charge >= 0.3 is 0 Å². The van der Waals surface area contributed by atoms with Crippen LogP contribution in [0.1, 0.15) is 29.9 Å². The second kappa shape index (κ2) is 8.22. The van der Waals surface area contributed by atoms with E-state index in [0.29, 0.717) is 5.92 Å². The van der Waals surface area contributed by atoms with Gasteiger partial charge in [0.25, 0.3) is 0 Å². The molecular formula is C21H27ClN2O. The van der Waals surface area contributed by atoms with Gasteiger partial charge in [-0.25, -0.2) is 0 Å². The quantitative estimate of drug-likeness (QED) is 0.853. The van der Waals surface area contributed by atoms with Crippen LogP contribution < -0.4 is 10.5 Å². The van der Waals surface area contributed by atoms with Gasteiger partial charge in [-0.1, -0.05) is 42.5 Å². The maximum atomic E-state index is 6.39. The largest absolute Gasteiger partial charge is 0.493 e. The first-order chi connectivity index (χ1) is 11.8. The van der Waals surface area contributed by atoms with E-state index in [1.165, 1.54) is 24.0 Å². The number of nitrogens with zero attached hydrogens (tertiary/aromatic N) is 1. The van der Waals surface area contributed by atoms with Crippen LogP contribution in [0.5, 0.6) is 5.75 Å². The lowest BCUT2D eigenvalue weighted by molar-refractivity contribution is 0.299. The van der Waals surface area contributed by atoms with Crippen LogP contribution in [0.2, 0.25) is 0 Å². The molecule has 3 nitrogen and oxygen atoms in total. The van der Waals surface area contributed by atoms with Crippen molar-refractivity contribution in [3.05, 3.63) is 65.7 Å². The van der Waals surface area contributed by atoms with Crippen molar-refractivity contribution in [1.29, 1.82) is 0 Å². The predicted octanol–water partition coefficient (Wildman–Crippen LogP) is 3.82. The Morgan fingerprint density at radius 2 is 1.68 bits per heavy atom. The molecule has 25 heavy (non-hydrogen) atoms. The van der Waals surface area contributed by atoms with Crippen LogP contribution >= 0.6 is 12.4 Å². The molecule has 4 heteroatoms. The van der Waals surface area contributed by atoms with Crippen molar-refractivity contribution in [2.45, 2.75) is 31.3 Å². The predicted molar refractivity (Wildman–Crippen MR) is 104 cm³/mol. The number of halogens is 1. The number of hydrogen-bond acceptors (Lipinski definition) is 3. The molecule has 1 heterocycles. The standard InChI is InChI=1S/C21H26N2O.ClH/c22-21-14-23(13-20(21)18-4-2-1-3-5-18)12-16-8-10-19(11-9-16)24-15-17-6-7-17;/h1-5,8-11,17,20-21H,6-7,12-15,22H2;1H/t20-,21+;/m0./s1. The second-order valence-electron chi connectivity index (χ2n) is 7.27. The molecule has 0 radical (unpaired) electrons. The summed E-state index contributed by atoms with van der Waals surface area (Å²) in [5.74, 6) is 2.23. The molecule has 1 saturated heterocycles. The van der Waals surface area contributed by atoms with Crippen LogP contribution in [-0.2, 0) is 6.54 Å². The zero-order chi connectivity index (χ0) is 16.4. The van der Waals surface area contributed by atoms with Crippen LogP contribution in [-0.4, -0.2) is 30.6 Å². The van der Waals surface area contributed by atoms with Crippen LogP contribution in [0.3, 0.4) is 0 Å². The monoisotopic (exact) mass is 358 g/mol. The Hall–Kier alpha value is -1.55. The molecule has 1 saturated carbocycles. The number of ether oxygens (including phenoxy) is 1. The van der Waals surface area contributed by atoms with Gasteiger partial charge in [0.2, 0.25) is 0 Å². The Morgan fingerprint density at radius 3 is 2.36 bits per heavy atom. The highest BCUT2D eigenvalue weighted by atomic mass is 35.5. The van der Waals surface area contributed by atoms with Crippen LogP contribution in [0.25, 0.3) is 0 Å². The Bertz CT molecular complexity index is 657. The lowest BCUT2D eigenvalue weighted by Crippen LogP contribution is -2.28. The number of benzene rings is 2. The molecule has 2 aliphatic rings. The molecule has 2 atom stereocenters. The molecule has 2 N–H and O–H groups in total. The fourth-order valence-corrected chi connectivity index (χ4v) is 3.54. The van der Waals surface area contributed by atoms with Gasteiger partial charge in [0, 0.05) is 31.6 Å². The highest BCUT2D eigenvalue weighted by Gasteiger charge is 2.30. The summed E-state index contributed by atoms with van der Waals surface area (Å²) >= 11 is 0.